The van der Waals surface area contributed by atoms with Crippen molar-refractivity contribution in [3.63, 3.8) is 0 Å². The summed E-state index contributed by atoms with van der Waals surface area (Å²) in [5, 5.41) is 3.06. The Bertz CT molecular complexity index is 481. The van der Waals surface area contributed by atoms with Crippen LogP contribution in [-0.4, -0.2) is 12.5 Å². The molecule has 1 aromatic rings. The Labute approximate surface area is 121 Å². The van der Waals surface area contributed by atoms with E-state index in [1.54, 1.807) is 12.2 Å². The Morgan fingerprint density at radius 1 is 1.20 bits per heavy atom. The van der Waals surface area contributed by atoms with Crippen molar-refractivity contribution >= 4 is 5.91 Å². The zero-order chi connectivity index (χ0) is 14.3. The molecular weight excluding hydrogens is 246 g/mol. The van der Waals surface area contributed by atoms with Gasteiger partial charge in [-0.25, -0.2) is 0 Å². The van der Waals surface area contributed by atoms with Crippen LogP contribution in [0.1, 0.15) is 38.2 Å². The molecule has 1 aliphatic carbocycles. The fraction of sp³-hybridized carbons (Fsp3) is 0.389. The minimum Gasteiger partial charge on any atom is -0.352 e. The Morgan fingerprint density at radius 3 is 2.55 bits per heavy atom. The molecule has 0 atom stereocenters. The molecule has 2 rings (SSSR count). The van der Waals surface area contributed by atoms with Crippen molar-refractivity contribution < 1.29 is 4.79 Å². The number of hydrogen-bond acceptors (Lipinski definition) is 1. The number of allylic oxidation sites excluding steroid dienone is 3. The van der Waals surface area contributed by atoms with E-state index in [0.717, 1.165) is 19.4 Å². The molecule has 1 aliphatic rings. The second kappa shape index (κ2) is 7.09. The maximum Gasteiger partial charge on any atom is 0.244 e. The van der Waals surface area contributed by atoms with Crippen molar-refractivity contribution in [3.05, 3.63) is 60.2 Å². The van der Waals surface area contributed by atoms with Gasteiger partial charge in [0.25, 0.3) is 0 Å². The Hall–Kier alpha value is -1.83. The van der Waals surface area contributed by atoms with E-state index in [-0.39, 0.29) is 11.3 Å². The van der Waals surface area contributed by atoms with Gasteiger partial charge < -0.3 is 5.32 Å². The molecule has 0 aromatic heterocycles. The summed E-state index contributed by atoms with van der Waals surface area (Å²) in [4.78, 5) is 11.8. The molecule has 2 nitrogen and oxygen atoms in total. The molecule has 2 heteroatoms. The van der Waals surface area contributed by atoms with Crippen molar-refractivity contribution in [1.82, 2.24) is 5.32 Å². The number of benzene rings is 1. The molecular formula is C18H23NO. The second-order valence-electron chi connectivity index (χ2n) is 5.46. The summed E-state index contributed by atoms with van der Waals surface area (Å²) in [5.74, 6) is -0.00898. The molecule has 1 aromatic carbocycles. The van der Waals surface area contributed by atoms with Crippen LogP contribution in [0.15, 0.2) is 54.6 Å². The third kappa shape index (κ3) is 3.60. The lowest BCUT2D eigenvalue weighted by atomic mass is 9.79. The standard InChI is InChI=1S/C18H23NO/c1-2-3-5-12-17(20)19-15-18(13-8-9-14-18)16-10-6-4-7-11-16/h2-7,10-12H,8-9,13-15H2,1H3,(H,19,20)/b3-2+,12-5+. The molecule has 0 aliphatic heterocycles. The number of amides is 1. The summed E-state index contributed by atoms with van der Waals surface area (Å²) in [7, 11) is 0. The van der Waals surface area contributed by atoms with Crippen LogP contribution in [-0.2, 0) is 10.2 Å². The lowest BCUT2D eigenvalue weighted by Gasteiger charge is -2.29. The van der Waals surface area contributed by atoms with Gasteiger partial charge in [-0.2, -0.15) is 0 Å². The highest BCUT2D eigenvalue weighted by Crippen LogP contribution is 2.40. The first-order chi connectivity index (χ1) is 9.77. The molecule has 1 amide bonds. The molecule has 1 saturated carbocycles. The van der Waals surface area contributed by atoms with Gasteiger partial charge in [-0.15, -0.1) is 0 Å². The smallest absolute Gasteiger partial charge is 0.244 e. The van der Waals surface area contributed by atoms with Crippen molar-refractivity contribution in [2.75, 3.05) is 6.54 Å². The van der Waals surface area contributed by atoms with E-state index in [2.05, 4.69) is 29.6 Å². The largest absolute Gasteiger partial charge is 0.352 e. The maximum absolute atomic E-state index is 11.8. The van der Waals surface area contributed by atoms with E-state index < -0.39 is 0 Å². The van der Waals surface area contributed by atoms with Gasteiger partial charge in [-0.1, -0.05) is 61.4 Å². The average Bonchev–Trinajstić information content (AvgIpc) is 2.97. The quantitative estimate of drug-likeness (QED) is 0.640. The topological polar surface area (TPSA) is 29.1 Å². The van der Waals surface area contributed by atoms with Gasteiger partial charge in [0.15, 0.2) is 0 Å². The molecule has 0 radical (unpaired) electrons. The SMILES string of the molecule is C/C=C/C=C/C(=O)NCC1(c2ccccc2)CCCC1. The van der Waals surface area contributed by atoms with Gasteiger partial charge in [0.05, 0.1) is 0 Å². The number of carbonyl (C=O) groups excluding carboxylic acids is 1. The van der Waals surface area contributed by atoms with Crippen LogP contribution in [0.4, 0.5) is 0 Å². The molecule has 0 bridgehead atoms. The zero-order valence-corrected chi connectivity index (χ0v) is 12.1. The first kappa shape index (κ1) is 14.6. The fourth-order valence-corrected chi connectivity index (χ4v) is 2.98. The second-order valence-corrected chi connectivity index (χ2v) is 5.46. The summed E-state index contributed by atoms with van der Waals surface area (Å²) in [6, 6.07) is 10.6. The van der Waals surface area contributed by atoms with Crippen molar-refractivity contribution in [1.29, 1.82) is 0 Å². The third-order valence-corrected chi connectivity index (χ3v) is 4.10. The summed E-state index contributed by atoms with van der Waals surface area (Å²) < 4.78 is 0. The van der Waals surface area contributed by atoms with Crippen LogP contribution in [0.25, 0.3) is 0 Å². The van der Waals surface area contributed by atoms with E-state index in [9.17, 15) is 4.79 Å². The Morgan fingerprint density at radius 2 is 1.90 bits per heavy atom. The van der Waals surface area contributed by atoms with Crippen LogP contribution >= 0.6 is 0 Å². The number of carbonyl (C=O) groups is 1. The van der Waals surface area contributed by atoms with E-state index in [4.69, 9.17) is 0 Å². The minimum atomic E-state index is -0.00898. The summed E-state index contributed by atoms with van der Waals surface area (Å²) in [5.41, 5.74) is 1.49. The van der Waals surface area contributed by atoms with Gasteiger partial charge in [-0.3, -0.25) is 4.79 Å². The minimum absolute atomic E-state index is 0.00898. The molecule has 106 valence electrons. The Balaban J connectivity index is 2.02. The van der Waals surface area contributed by atoms with Crippen LogP contribution in [0.5, 0.6) is 0 Å². The average molecular weight is 269 g/mol. The maximum atomic E-state index is 11.8. The van der Waals surface area contributed by atoms with Gasteiger partial charge in [0.2, 0.25) is 5.91 Å². The molecule has 0 heterocycles. The first-order valence-corrected chi connectivity index (χ1v) is 7.40. The van der Waals surface area contributed by atoms with E-state index >= 15 is 0 Å². The normalized spacial score (nSPS) is 17.9. The van der Waals surface area contributed by atoms with Crippen LogP contribution in [0.3, 0.4) is 0 Å². The predicted octanol–water partition coefficient (Wildman–Crippen LogP) is 3.75. The molecule has 1 fully saturated rings. The number of nitrogens with one attached hydrogen (secondary N) is 1. The van der Waals surface area contributed by atoms with Crippen molar-refractivity contribution in [2.45, 2.75) is 38.0 Å². The predicted molar refractivity (Wildman–Crippen MR) is 83.6 cm³/mol. The van der Waals surface area contributed by atoms with Gasteiger partial charge in [-0.05, 0) is 25.3 Å². The van der Waals surface area contributed by atoms with E-state index in [1.165, 1.54) is 18.4 Å². The lowest BCUT2D eigenvalue weighted by molar-refractivity contribution is -0.116. The lowest BCUT2D eigenvalue weighted by Crippen LogP contribution is -2.38. The van der Waals surface area contributed by atoms with Gasteiger partial charge >= 0.3 is 0 Å². The molecule has 1 N–H and O–H groups in total. The third-order valence-electron chi connectivity index (χ3n) is 4.10. The number of rotatable bonds is 5. The zero-order valence-electron chi connectivity index (χ0n) is 12.1. The highest BCUT2D eigenvalue weighted by molar-refractivity contribution is 5.87. The van der Waals surface area contributed by atoms with Crippen LogP contribution in [0.2, 0.25) is 0 Å². The van der Waals surface area contributed by atoms with Gasteiger partial charge in [0, 0.05) is 18.0 Å². The van der Waals surface area contributed by atoms with Crippen molar-refractivity contribution in [3.8, 4) is 0 Å². The highest BCUT2D eigenvalue weighted by Gasteiger charge is 2.35. The summed E-state index contributed by atoms with van der Waals surface area (Å²) >= 11 is 0. The van der Waals surface area contributed by atoms with E-state index in [1.807, 2.05) is 25.1 Å². The van der Waals surface area contributed by atoms with Crippen LogP contribution in [0, 0.1) is 0 Å². The fourth-order valence-electron chi connectivity index (χ4n) is 2.98. The first-order valence-electron chi connectivity index (χ1n) is 7.40. The molecule has 0 saturated heterocycles. The van der Waals surface area contributed by atoms with Gasteiger partial charge in [0.1, 0.15) is 0 Å². The highest BCUT2D eigenvalue weighted by atomic mass is 16.1. The van der Waals surface area contributed by atoms with Crippen molar-refractivity contribution in [2.24, 2.45) is 0 Å². The molecule has 20 heavy (non-hydrogen) atoms. The monoisotopic (exact) mass is 269 g/mol. The van der Waals surface area contributed by atoms with E-state index in [0.29, 0.717) is 0 Å². The molecule has 0 spiro atoms. The van der Waals surface area contributed by atoms with Crippen LogP contribution < -0.4 is 5.32 Å². The summed E-state index contributed by atoms with van der Waals surface area (Å²) in [6.07, 6.45) is 12.0. The summed E-state index contributed by atoms with van der Waals surface area (Å²) in [6.45, 7) is 2.67. The molecule has 0 unspecified atom stereocenters. The Kier molecular flexibility index (Phi) is 5.16. The number of hydrogen-bond donors (Lipinski definition) is 1.